The van der Waals surface area contributed by atoms with Crippen LogP contribution in [0.25, 0.3) is 6.08 Å². The predicted molar refractivity (Wildman–Crippen MR) is 157 cm³/mol. The molecular formula is C33H60NO+. The van der Waals surface area contributed by atoms with Gasteiger partial charge in [-0.15, -0.1) is 0 Å². The first-order chi connectivity index (χ1) is 16.4. The van der Waals surface area contributed by atoms with E-state index in [2.05, 4.69) is 87.4 Å². The molecule has 0 fully saturated rings. The molecule has 2 heteroatoms. The summed E-state index contributed by atoms with van der Waals surface area (Å²) in [6.45, 7) is 28.0. The lowest BCUT2D eigenvalue weighted by atomic mass is 9.74. The Bertz CT molecular complexity index is 761. The minimum Gasteiger partial charge on any atom is -0.507 e. The summed E-state index contributed by atoms with van der Waals surface area (Å²) in [5, 5.41) is 11.5. The SMILES string of the molecule is CCCC[N+](CCCC)(CCCC)CCC(C)(C)c1cc(C(C)(C)CCC)cc(C=C(C)C)c1O. The predicted octanol–water partition coefficient (Wildman–Crippen LogP) is 9.78. The number of aromatic hydroxyl groups is 1. The van der Waals surface area contributed by atoms with Crippen LogP contribution in [0.1, 0.15) is 144 Å². The maximum atomic E-state index is 11.5. The van der Waals surface area contributed by atoms with Crippen LogP contribution >= 0.6 is 0 Å². The van der Waals surface area contributed by atoms with Crippen LogP contribution in [0.15, 0.2) is 17.7 Å². The van der Waals surface area contributed by atoms with E-state index in [1.54, 1.807) is 0 Å². The Morgan fingerprint density at radius 3 is 1.69 bits per heavy atom. The molecule has 0 amide bonds. The summed E-state index contributed by atoms with van der Waals surface area (Å²) in [4.78, 5) is 0. The molecule has 1 rings (SSSR count). The van der Waals surface area contributed by atoms with Crippen molar-refractivity contribution >= 4 is 6.08 Å². The molecule has 0 bridgehead atoms. The van der Waals surface area contributed by atoms with Crippen molar-refractivity contribution in [2.75, 3.05) is 26.2 Å². The number of quaternary nitrogens is 1. The maximum Gasteiger partial charge on any atom is 0.126 e. The van der Waals surface area contributed by atoms with Gasteiger partial charge in [-0.3, -0.25) is 0 Å². The first-order valence-corrected chi connectivity index (χ1v) is 14.8. The second-order valence-corrected chi connectivity index (χ2v) is 12.7. The molecule has 0 heterocycles. The number of hydrogen-bond acceptors (Lipinski definition) is 1. The third-order valence-electron chi connectivity index (χ3n) is 8.14. The highest BCUT2D eigenvalue weighted by molar-refractivity contribution is 5.64. The number of phenolic OH excluding ortho intramolecular Hbond substituents is 1. The van der Waals surface area contributed by atoms with Gasteiger partial charge < -0.3 is 9.59 Å². The average molecular weight is 487 g/mol. The summed E-state index contributed by atoms with van der Waals surface area (Å²) in [5.74, 6) is 0.487. The van der Waals surface area contributed by atoms with E-state index in [1.807, 2.05) is 0 Å². The topological polar surface area (TPSA) is 20.2 Å². The van der Waals surface area contributed by atoms with Crippen molar-refractivity contribution in [1.29, 1.82) is 0 Å². The van der Waals surface area contributed by atoms with Crippen molar-refractivity contribution in [1.82, 2.24) is 0 Å². The molecule has 202 valence electrons. The summed E-state index contributed by atoms with van der Waals surface area (Å²) in [5.41, 5.74) is 4.71. The first kappa shape index (κ1) is 31.7. The minimum absolute atomic E-state index is 0.0826. The Kier molecular flexibility index (Phi) is 13.1. The van der Waals surface area contributed by atoms with E-state index in [0.717, 1.165) is 30.4 Å². The summed E-state index contributed by atoms with van der Waals surface area (Å²) in [7, 11) is 0. The van der Waals surface area contributed by atoms with E-state index >= 15 is 0 Å². The molecule has 0 radical (unpaired) electrons. The van der Waals surface area contributed by atoms with Crippen molar-refractivity contribution in [3.05, 3.63) is 34.4 Å². The number of unbranched alkanes of at least 4 members (excludes halogenated alkanes) is 3. The van der Waals surface area contributed by atoms with Gasteiger partial charge in [-0.1, -0.05) is 98.8 Å². The van der Waals surface area contributed by atoms with Gasteiger partial charge in [0, 0.05) is 17.5 Å². The quantitative estimate of drug-likeness (QED) is 0.217. The zero-order chi connectivity index (χ0) is 26.7. The van der Waals surface area contributed by atoms with Gasteiger partial charge in [0.2, 0.25) is 0 Å². The normalized spacial score (nSPS) is 12.7. The highest BCUT2D eigenvalue weighted by Crippen LogP contribution is 2.42. The van der Waals surface area contributed by atoms with Crippen molar-refractivity contribution in [3.8, 4) is 5.75 Å². The Morgan fingerprint density at radius 1 is 0.743 bits per heavy atom. The Hall–Kier alpha value is -1.28. The number of hydrogen-bond donors (Lipinski definition) is 1. The fourth-order valence-corrected chi connectivity index (χ4v) is 5.56. The highest BCUT2D eigenvalue weighted by Gasteiger charge is 2.33. The molecule has 0 spiro atoms. The van der Waals surface area contributed by atoms with E-state index in [-0.39, 0.29) is 10.8 Å². The molecule has 35 heavy (non-hydrogen) atoms. The van der Waals surface area contributed by atoms with Gasteiger partial charge in [0.15, 0.2) is 0 Å². The van der Waals surface area contributed by atoms with E-state index in [1.165, 1.54) is 80.3 Å². The maximum absolute atomic E-state index is 11.5. The fourth-order valence-electron chi connectivity index (χ4n) is 5.56. The Labute approximate surface area is 219 Å². The molecule has 1 N–H and O–H groups in total. The number of benzene rings is 1. The standard InChI is InChI=1S/C33H59NO/c1-11-15-20-34(21-16-12-2,22-17-13-3)23-19-33(9,10)30-26-29(32(7,8)18-14-4)25-28(31(30)35)24-27(5)6/h24-26H,11-23H2,1-10H3/p+1. The molecule has 0 aliphatic rings. The van der Waals surface area contributed by atoms with Gasteiger partial charge in [0.25, 0.3) is 0 Å². The monoisotopic (exact) mass is 486 g/mol. The summed E-state index contributed by atoms with van der Waals surface area (Å²) in [6, 6.07) is 4.58. The summed E-state index contributed by atoms with van der Waals surface area (Å²) >= 11 is 0. The lowest BCUT2D eigenvalue weighted by Crippen LogP contribution is -2.52. The third kappa shape index (κ3) is 9.60. The third-order valence-corrected chi connectivity index (χ3v) is 8.14. The fraction of sp³-hybridized carbons (Fsp3) is 0.758. The Balaban J connectivity index is 3.46. The zero-order valence-corrected chi connectivity index (χ0v) is 25.3. The van der Waals surface area contributed by atoms with E-state index in [4.69, 9.17) is 0 Å². The van der Waals surface area contributed by atoms with Crippen molar-refractivity contribution in [2.45, 2.75) is 138 Å². The highest BCUT2D eigenvalue weighted by atomic mass is 16.3. The van der Waals surface area contributed by atoms with Crippen LogP contribution in [0.4, 0.5) is 0 Å². The van der Waals surface area contributed by atoms with Gasteiger partial charge in [-0.05, 0) is 62.0 Å². The van der Waals surface area contributed by atoms with Crippen LogP contribution in [0.3, 0.4) is 0 Å². The van der Waals surface area contributed by atoms with Crippen LogP contribution < -0.4 is 0 Å². The second kappa shape index (κ2) is 14.5. The van der Waals surface area contributed by atoms with Crippen molar-refractivity contribution < 1.29 is 9.59 Å². The molecule has 0 unspecified atom stereocenters. The smallest absolute Gasteiger partial charge is 0.126 e. The van der Waals surface area contributed by atoms with Crippen LogP contribution in [0.2, 0.25) is 0 Å². The molecule has 0 aliphatic heterocycles. The van der Waals surface area contributed by atoms with E-state index < -0.39 is 0 Å². The van der Waals surface area contributed by atoms with Crippen LogP contribution in [0, 0.1) is 0 Å². The molecular weight excluding hydrogens is 426 g/mol. The zero-order valence-electron chi connectivity index (χ0n) is 25.3. The van der Waals surface area contributed by atoms with Crippen molar-refractivity contribution in [3.63, 3.8) is 0 Å². The molecule has 0 aromatic heterocycles. The molecule has 0 saturated heterocycles. The summed E-state index contributed by atoms with van der Waals surface area (Å²) < 4.78 is 1.25. The molecule has 0 aliphatic carbocycles. The number of phenols is 1. The van der Waals surface area contributed by atoms with Gasteiger partial charge in [-0.25, -0.2) is 0 Å². The number of nitrogens with zero attached hydrogens (tertiary/aromatic N) is 1. The average Bonchev–Trinajstić information content (AvgIpc) is 2.79. The van der Waals surface area contributed by atoms with Crippen LogP contribution in [-0.2, 0) is 10.8 Å². The lowest BCUT2D eigenvalue weighted by Gasteiger charge is -2.42. The molecule has 0 saturated carbocycles. The molecule has 1 aromatic carbocycles. The van der Waals surface area contributed by atoms with Crippen LogP contribution in [-0.4, -0.2) is 35.8 Å². The number of allylic oxidation sites excluding steroid dienone is 1. The van der Waals surface area contributed by atoms with Gasteiger partial charge in [0.1, 0.15) is 5.75 Å². The molecule has 2 nitrogen and oxygen atoms in total. The number of rotatable bonds is 17. The largest absolute Gasteiger partial charge is 0.507 e. The minimum atomic E-state index is -0.0826. The summed E-state index contributed by atoms with van der Waals surface area (Å²) in [6.07, 6.45) is 13.3. The second-order valence-electron chi connectivity index (χ2n) is 12.7. The van der Waals surface area contributed by atoms with Gasteiger partial charge in [0.05, 0.1) is 26.2 Å². The van der Waals surface area contributed by atoms with Gasteiger partial charge >= 0.3 is 0 Å². The Morgan fingerprint density at radius 2 is 1.26 bits per heavy atom. The van der Waals surface area contributed by atoms with Crippen LogP contribution in [0.5, 0.6) is 5.75 Å². The van der Waals surface area contributed by atoms with Gasteiger partial charge in [-0.2, -0.15) is 0 Å². The van der Waals surface area contributed by atoms with Crippen molar-refractivity contribution in [2.24, 2.45) is 0 Å². The lowest BCUT2D eigenvalue weighted by molar-refractivity contribution is -0.929. The van der Waals surface area contributed by atoms with E-state index in [9.17, 15) is 5.11 Å². The molecule has 0 atom stereocenters. The first-order valence-electron chi connectivity index (χ1n) is 14.8. The van der Waals surface area contributed by atoms with E-state index in [0.29, 0.717) is 5.75 Å². The molecule has 1 aromatic rings.